The molecule has 98 valence electrons. The molecule has 1 atom stereocenters. The summed E-state index contributed by atoms with van der Waals surface area (Å²) in [5, 5.41) is 0. The monoisotopic (exact) mass is 246 g/mol. The summed E-state index contributed by atoms with van der Waals surface area (Å²) in [5.41, 5.74) is 0. The highest BCUT2D eigenvalue weighted by Crippen LogP contribution is 2.20. The van der Waals surface area contributed by atoms with Crippen molar-refractivity contribution in [2.45, 2.75) is 66.0 Å². The maximum absolute atomic E-state index is 6.14. The van der Waals surface area contributed by atoms with Gasteiger partial charge in [0.05, 0.1) is 0 Å². The van der Waals surface area contributed by atoms with Crippen LogP contribution in [0.4, 0.5) is 0 Å². The molecule has 0 saturated carbocycles. The van der Waals surface area contributed by atoms with Gasteiger partial charge in [0, 0.05) is 13.2 Å². The second-order valence-corrected chi connectivity index (χ2v) is 8.46. The lowest BCUT2D eigenvalue weighted by atomic mass is 10.1. The molecule has 2 nitrogen and oxygen atoms in total. The van der Waals surface area contributed by atoms with Crippen LogP contribution in [0, 0.1) is 5.92 Å². The summed E-state index contributed by atoms with van der Waals surface area (Å²) < 4.78 is 12.2. The van der Waals surface area contributed by atoms with Crippen molar-refractivity contribution >= 4 is 8.56 Å². The summed E-state index contributed by atoms with van der Waals surface area (Å²) in [6.45, 7) is 12.8. The Morgan fingerprint density at radius 2 is 1.62 bits per heavy atom. The Labute approximate surface area is 103 Å². The van der Waals surface area contributed by atoms with Crippen molar-refractivity contribution < 1.29 is 8.85 Å². The molecule has 16 heavy (non-hydrogen) atoms. The zero-order chi connectivity index (χ0) is 12.4. The quantitative estimate of drug-likeness (QED) is 0.421. The lowest BCUT2D eigenvalue weighted by molar-refractivity contribution is 0.146. The predicted octanol–water partition coefficient (Wildman–Crippen LogP) is 4.35. The Morgan fingerprint density at radius 1 is 1.00 bits per heavy atom. The maximum Gasteiger partial charge on any atom is 0.337 e. The minimum atomic E-state index is -1.86. The Hall–Kier alpha value is 0.137. The SMILES string of the molecule is CCCCO[Si](CC)(CC)OCC(C)CC. The molecule has 0 N–H and O–H groups in total. The summed E-state index contributed by atoms with van der Waals surface area (Å²) in [6, 6.07) is 2.15. The van der Waals surface area contributed by atoms with Crippen LogP contribution in [-0.2, 0) is 8.85 Å². The van der Waals surface area contributed by atoms with Gasteiger partial charge in [0.15, 0.2) is 0 Å². The minimum absolute atomic E-state index is 0.653. The lowest BCUT2D eigenvalue weighted by Gasteiger charge is -2.30. The van der Waals surface area contributed by atoms with E-state index in [1.54, 1.807) is 0 Å². The van der Waals surface area contributed by atoms with Crippen LogP contribution in [-0.4, -0.2) is 21.8 Å². The fourth-order valence-electron chi connectivity index (χ4n) is 1.51. The first-order chi connectivity index (χ1) is 7.64. The van der Waals surface area contributed by atoms with E-state index in [0.717, 1.165) is 31.7 Å². The number of unbranched alkanes of at least 4 members (excludes halogenated alkanes) is 1. The topological polar surface area (TPSA) is 18.5 Å². The van der Waals surface area contributed by atoms with E-state index in [9.17, 15) is 0 Å². The molecule has 0 aliphatic heterocycles. The molecule has 0 amide bonds. The maximum atomic E-state index is 6.14. The van der Waals surface area contributed by atoms with Gasteiger partial charge in [-0.25, -0.2) is 0 Å². The highest BCUT2D eigenvalue weighted by Gasteiger charge is 2.33. The van der Waals surface area contributed by atoms with E-state index in [1.807, 2.05) is 0 Å². The van der Waals surface area contributed by atoms with Crippen molar-refractivity contribution in [2.75, 3.05) is 13.2 Å². The van der Waals surface area contributed by atoms with Crippen molar-refractivity contribution in [3.8, 4) is 0 Å². The Balaban J connectivity index is 4.09. The number of rotatable bonds is 10. The standard InChI is InChI=1S/C13H30O2Si/c1-6-10-11-14-16(8-3,9-4)15-12-13(5)7-2/h13H,6-12H2,1-5H3. The second-order valence-electron chi connectivity index (χ2n) is 4.64. The van der Waals surface area contributed by atoms with E-state index in [2.05, 4.69) is 34.6 Å². The predicted molar refractivity (Wildman–Crippen MR) is 73.0 cm³/mol. The van der Waals surface area contributed by atoms with E-state index in [4.69, 9.17) is 8.85 Å². The third kappa shape index (κ3) is 6.02. The summed E-state index contributed by atoms with van der Waals surface area (Å²) in [4.78, 5) is 0. The molecule has 0 aromatic carbocycles. The molecule has 0 saturated heterocycles. The molecule has 0 bridgehead atoms. The zero-order valence-corrected chi connectivity index (χ0v) is 12.8. The molecule has 1 unspecified atom stereocenters. The molecule has 0 aromatic heterocycles. The molecule has 0 aromatic rings. The Morgan fingerprint density at radius 3 is 2.06 bits per heavy atom. The van der Waals surface area contributed by atoms with Crippen molar-refractivity contribution in [3.05, 3.63) is 0 Å². The van der Waals surface area contributed by atoms with Gasteiger partial charge in [0.1, 0.15) is 0 Å². The fraction of sp³-hybridized carbons (Fsp3) is 1.00. The molecule has 0 spiro atoms. The minimum Gasteiger partial charge on any atom is -0.394 e. The first-order valence-corrected chi connectivity index (χ1v) is 9.15. The van der Waals surface area contributed by atoms with Crippen LogP contribution >= 0.6 is 0 Å². The third-order valence-electron chi connectivity index (χ3n) is 3.27. The average Bonchev–Trinajstić information content (AvgIpc) is 2.33. The van der Waals surface area contributed by atoms with E-state index in [-0.39, 0.29) is 0 Å². The Kier molecular flexibility index (Phi) is 9.28. The van der Waals surface area contributed by atoms with Gasteiger partial charge in [0.2, 0.25) is 0 Å². The van der Waals surface area contributed by atoms with Gasteiger partial charge >= 0.3 is 8.56 Å². The summed E-state index contributed by atoms with van der Waals surface area (Å²) in [5.74, 6) is 0.653. The lowest BCUT2D eigenvalue weighted by Crippen LogP contribution is -2.42. The molecule has 0 heterocycles. The van der Waals surface area contributed by atoms with Crippen molar-refractivity contribution in [1.29, 1.82) is 0 Å². The second kappa shape index (κ2) is 9.20. The molecular weight excluding hydrogens is 216 g/mol. The molecule has 3 heteroatoms. The number of hydrogen-bond donors (Lipinski definition) is 0. The summed E-state index contributed by atoms with van der Waals surface area (Å²) in [6.07, 6.45) is 3.54. The van der Waals surface area contributed by atoms with Crippen LogP contribution in [0.5, 0.6) is 0 Å². The van der Waals surface area contributed by atoms with Gasteiger partial charge in [-0.3, -0.25) is 0 Å². The van der Waals surface area contributed by atoms with Gasteiger partial charge in [-0.2, -0.15) is 0 Å². The smallest absolute Gasteiger partial charge is 0.337 e. The molecule has 0 rings (SSSR count). The van der Waals surface area contributed by atoms with Crippen molar-refractivity contribution in [1.82, 2.24) is 0 Å². The van der Waals surface area contributed by atoms with Crippen LogP contribution in [0.15, 0.2) is 0 Å². The van der Waals surface area contributed by atoms with Crippen LogP contribution in [0.1, 0.15) is 53.9 Å². The zero-order valence-electron chi connectivity index (χ0n) is 11.8. The van der Waals surface area contributed by atoms with Crippen molar-refractivity contribution in [3.63, 3.8) is 0 Å². The average molecular weight is 246 g/mol. The molecule has 0 radical (unpaired) electrons. The number of hydrogen-bond acceptors (Lipinski definition) is 2. The Bertz CT molecular complexity index is 158. The first-order valence-electron chi connectivity index (χ1n) is 6.91. The van der Waals surface area contributed by atoms with E-state index >= 15 is 0 Å². The van der Waals surface area contributed by atoms with Crippen LogP contribution in [0.3, 0.4) is 0 Å². The van der Waals surface area contributed by atoms with Gasteiger partial charge in [-0.15, -0.1) is 0 Å². The summed E-state index contributed by atoms with van der Waals surface area (Å²) >= 11 is 0. The van der Waals surface area contributed by atoms with Crippen molar-refractivity contribution in [2.24, 2.45) is 5.92 Å². The van der Waals surface area contributed by atoms with Crippen LogP contribution < -0.4 is 0 Å². The largest absolute Gasteiger partial charge is 0.394 e. The van der Waals surface area contributed by atoms with Gasteiger partial charge in [-0.05, 0) is 24.4 Å². The van der Waals surface area contributed by atoms with Crippen LogP contribution in [0.25, 0.3) is 0 Å². The third-order valence-corrected chi connectivity index (χ3v) is 6.85. The van der Waals surface area contributed by atoms with Gasteiger partial charge in [-0.1, -0.05) is 47.5 Å². The molecule has 0 aliphatic carbocycles. The van der Waals surface area contributed by atoms with E-state index < -0.39 is 8.56 Å². The molecule has 0 fully saturated rings. The summed E-state index contributed by atoms with van der Waals surface area (Å²) in [7, 11) is -1.86. The molecule has 0 aliphatic rings. The van der Waals surface area contributed by atoms with Crippen LogP contribution in [0.2, 0.25) is 12.1 Å². The van der Waals surface area contributed by atoms with E-state index in [0.29, 0.717) is 5.92 Å². The van der Waals surface area contributed by atoms with Gasteiger partial charge in [0.25, 0.3) is 0 Å². The fourth-order valence-corrected chi connectivity index (χ4v) is 4.02. The normalized spacial score (nSPS) is 14.1. The molecular formula is C13H30O2Si. The van der Waals surface area contributed by atoms with E-state index in [1.165, 1.54) is 12.8 Å². The highest BCUT2D eigenvalue weighted by atomic mass is 28.4. The van der Waals surface area contributed by atoms with Gasteiger partial charge < -0.3 is 8.85 Å². The first kappa shape index (κ1) is 16.1. The highest BCUT2D eigenvalue weighted by molar-refractivity contribution is 6.67.